The summed E-state index contributed by atoms with van der Waals surface area (Å²) in [6, 6.07) is 7.79. The van der Waals surface area contributed by atoms with Crippen molar-refractivity contribution in [3.8, 4) is 0 Å². The Labute approximate surface area is 128 Å². The Bertz CT molecular complexity index is 708. The number of carbonyl (C=O) groups is 1. The first kappa shape index (κ1) is 14.0. The molecule has 0 aliphatic carbocycles. The Kier molecular flexibility index (Phi) is 3.41. The molecule has 0 saturated carbocycles. The van der Waals surface area contributed by atoms with Crippen molar-refractivity contribution in [3.05, 3.63) is 52.5 Å². The molecule has 2 aromatic rings. The number of rotatable bonds is 2. The molecule has 3 rings (SSSR count). The molecule has 1 aliphatic heterocycles. The van der Waals surface area contributed by atoms with E-state index in [0.717, 1.165) is 33.9 Å². The number of aryl methyl sites for hydroxylation is 2. The van der Waals surface area contributed by atoms with E-state index < -0.39 is 0 Å². The number of amides is 2. The van der Waals surface area contributed by atoms with Crippen LogP contribution in [0.15, 0.2) is 28.7 Å². The predicted octanol–water partition coefficient (Wildman–Crippen LogP) is 4.20. The van der Waals surface area contributed by atoms with Gasteiger partial charge in [0, 0.05) is 24.8 Å². The van der Waals surface area contributed by atoms with Crippen molar-refractivity contribution in [1.82, 2.24) is 4.90 Å². The SMILES string of the molecule is Cc1cc(C(Cl)c2ccc3c(c2)CN(C)C(=O)N3)c(C)o1. The summed E-state index contributed by atoms with van der Waals surface area (Å²) in [5, 5.41) is 2.60. The van der Waals surface area contributed by atoms with E-state index in [-0.39, 0.29) is 11.4 Å². The minimum absolute atomic E-state index is 0.0843. The fourth-order valence-electron chi connectivity index (χ4n) is 2.64. The maximum atomic E-state index is 11.6. The van der Waals surface area contributed by atoms with Crippen LogP contribution in [0.5, 0.6) is 0 Å². The molecule has 0 radical (unpaired) electrons. The molecule has 110 valence electrons. The van der Waals surface area contributed by atoms with Gasteiger partial charge in [0.05, 0.1) is 5.38 Å². The highest BCUT2D eigenvalue weighted by Gasteiger charge is 2.22. The lowest BCUT2D eigenvalue weighted by molar-refractivity contribution is 0.218. The first-order valence-electron chi connectivity index (χ1n) is 6.81. The van der Waals surface area contributed by atoms with Gasteiger partial charge in [0.1, 0.15) is 11.5 Å². The van der Waals surface area contributed by atoms with Gasteiger partial charge in [-0.15, -0.1) is 11.6 Å². The molecule has 1 aromatic carbocycles. The Balaban J connectivity index is 1.95. The zero-order chi connectivity index (χ0) is 15.1. The maximum Gasteiger partial charge on any atom is 0.321 e. The van der Waals surface area contributed by atoms with Crippen molar-refractivity contribution in [2.75, 3.05) is 12.4 Å². The van der Waals surface area contributed by atoms with Gasteiger partial charge in [-0.25, -0.2) is 4.79 Å². The molecule has 1 aliphatic rings. The van der Waals surface area contributed by atoms with Gasteiger partial charge < -0.3 is 14.6 Å². The van der Waals surface area contributed by atoms with Crippen LogP contribution in [0.4, 0.5) is 10.5 Å². The lowest BCUT2D eigenvalue weighted by Gasteiger charge is -2.26. The zero-order valence-electron chi connectivity index (χ0n) is 12.2. The first-order chi connectivity index (χ1) is 9.95. The quantitative estimate of drug-likeness (QED) is 0.845. The number of halogens is 1. The average molecular weight is 305 g/mol. The van der Waals surface area contributed by atoms with Crippen LogP contribution in [-0.2, 0) is 6.54 Å². The number of urea groups is 1. The monoisotopic (exact) mass is 304 g/mol. The van der Waals surface area contributed by atoms with Crippen LogP contribution in [-0.4, -0.2) is 18.0 Å². The van der Waals surface area contributed by atoms with Crippen LogP contribution in [0.25, 0.3) is 0 Å². The number of furan rings is 1. The van der Waals surface area contributed by atoms with Gasteiger partial charge in [-0.2, -0.15) is 0 Å². The van der Waals surface area contributed by atoms with Gasteiger partial charge in [0.15, 0.2) is 0 Å². The molecule has 1 unspecified atom stereocenters. The molecule has 4 nitrogen and oxygen atoms in total. The number of fused-ring (bicyclic) bond motifs is 1. The number of hydrogen-bond donors (Lipinski definition) is 1. The van der Waals surface area contributed by atoms with Crippen LogP contribution in [0.1, 0.15) is 33.6 Å². The molecule has 0 saturated heterocycles. The normalized spacial score (nSPS) is 15.6. The van der Waals surface area contributed by atoms with Crippen molar-refractivity contribution < 1.29 is 9.21 Å². The minimum atomic E-state index is -0.254. The van der Waals surface area contributed by atoms with Crippen molar-refractivity contribution in [2.45, 2.75) is 25.8 Å². The highest BCUT2D eigenvalue weighted by Crippen LogP contribution is 2.35. The van der Waals surface area contributed by atoms with Gasteiger partial charge in [-0.3, -0.25) is 0 Å². The lowest BCUT2D eigenvalue weighted by Crippen LogP contribution is -2.35. The maximum absolute atomic E-state index is 11.6. The van der Waals surface area contributed by atoms with E-state index in [0.29, 0.717) is 6.54 Å². The van der Waals surface area contributed by atoms with Crippen molar-refractivity contribution in [3.63, 3.8) is 0 Å². The summed E-state index contributed by atoms with van der Waals surface area (Å²) in [5.41, 5.74) is 3.91. The van der Waals surface area contributed by atoms with Crippen LogP contribution < -0.4 is 5.32 Å². The molecular weight excluding hydrogens is 288 g/mol. The molecule has 0 fully saturated rings. The van der Waals surface area contributed by atoms with E-state index in [4.69, 9.17) is 16.0 Å². The number of hydrogen-bond acceptors (Lipinski definition) is 2. The molecule has 21 heavy (non-hydrogen) atoms. The van der Waals surface area contributed by atoms with Gasteiger partial charge in [-0.1, -0.05) is 12.1 Å². The summed E-state index contributed by atoms with van der Waals surface area (Å²) in [5.74, 6) is 1.70. The number of alkyl halides is 1. The Hall–Kier alpha value is -1.94. The summed E-state index contributed by atoms with van der Waals surface area (Å²) in [6.45, 7) is 4.42. The standard InChI is InChI=1S/C16H17ClN2O2/c1-9-6-13(10(2)21-9)15(17)11-4-5-14-12(7-11)8-19(3)16(20)18-14/h4-7,15H,8H2,1-3H3,(H,18,20). The summed E-state index contributed by atoms with van der Waals surface area (Å²) in [6.07, 6.45) is 0. The topological polar surface area (TPSA) is 45.5 Å². The lowest BCUT2D eigenvalue weighted by atomic mass is 10.0. The smallest absolute Gasteiger partial charge is 0.321 e. The Morgan fingerprint density at radius 3 is 2.76 bits per heavy atom. The molecule has 0 spiro atoms. The summed E-state index contributed by atoms with van der Waals surface area (Å²) < 4.78 is 5.55. The molecule has 2 heterocycles. The second-order valence-corrected chi connectivity index (χ2v) is 5.87. The molecule has 1 N–H and O–H groups in total. The molecule has 5 heteroatoms. The molecule has 1 aromatic heterocycles. The fourth-order valence-corrected chi connectivity index (χ4v) is 3.00. The molecule has 1 atom stereocenters. The van der Waals surface area contributed by atoms with Crippen LogP contribution in [0.3, 0.4) is 0 Å². The van der Waals surface area contributed by atoms with E-state index >= 15 is 0 Å². The van der Waals surface area contributed by atoms with Gasteiger partial charge in [0.25, 0.3) is 0 Å². The predicted molar refractivity (Wildman–Crippen MR) is 82.8 cm³/mol. The largest absolute Gasteiger partial charge is 0.466 e. The van der Waals surface area contributed by atoms with Gasteiger partial charge >= 0.3 is 6.03 Å². The van der Waals surface area contributed by atoms with E-state index in [9.17, 15) is 4.79 Å². The molecule has 2 amide bonds. The van der Waals surface area contributed by atoms with Crippen LogP contribution in [0.2, 0.25) is 0 Å². The third-order valence-electron chi connectivity index (χ3n) is 3.77. The summed E-state index contributed by atoms with van der Waals surface area (Å²) in [4.78, 5) is 13.3. The van der Waals surface area contributed by atoms with Crippen LogP contribution >= 0.6 is 11.6 Å². The highest BCUT2D eigenvalue weighted by atomic mass is 35.5. The van der Waals surface area contributed by atoms with Gasteiger partial charge in [0.2, 0.25) is 0 Å². The number of nitrogens with one attached hydrogen (secondary N) is 1. The third-order valence-corrected chi connectivity index (χ3v) is 4.26. The van der Waals surface area contributed by atoms with E-state index in [1.54, 1.807) is 11.9 Å². The van der Waals surface area contributed by atoms with E-state index in [1.807, 2.05) is 38.1 Å². The Morgan fingerprint density at radius 2 is 2.10 bits per heavy atom. The second kappa shape index (κ2) is 5.11. The molecular formula is C16H17ClN2O2. The number of benzene rings is 1. The Morgan fingerprint density at radius 1 is 1.33 bits per heavy atom. The van der Waals surface area contributed by atoms with Crippen LogP contribution in [0, 0.1) is 13.8 Å². The third kappa shape index (κ3) is 2.51. The first-order valence-corrected chi connectivity index (χ1v) is 7.25. The number of carbonyl (C=O) groups excluding carboxylic acids is 1. The fraction of sp³-hybridized carbons (Fsp3) is 0.312. The second-order valence-electron chi connectivity index (χ2n) is 5.43. The van der Waals surface area contributed by atoms with Crippen molar-refractivity contribution in [1.29, 1.82) is 0 Å². The minimum Gasteiger partial charge on any atom is -0.466 e. The highest BCUT2D eigenvalue weighted by molar-refractivity contribution is 6.22. The van der Waals surface area contributed by atoms with E-state index in [2.05, 4.69) is 5.32 Å². The van der Waals surface area contributed by atoms with Crippen molar-refractivity contribution >= 4 is 23.3 Å². The average Bonchev–Trinajstić information content (AvgIpc) is 2.78. The van der Waals surface area contributed by atoms with Gasteiger partial charge in [-0.05, 0) is 37.1 Å². The molecule has 0 bridgehead atoms. The summed E-state index contributed by atoms with van der Waals surface area (Å²) in [7, 11) is 1.77. The number of nitrogens with zero attached hydrogens (tertiary/aromatic N) is 1. The zero-order valence-corrected chi connectivity index (χ0v) is 13.0. The van der Waals surface area contributed by atoms with E-state index in [1.165, 1.54) is 0 Å². The van der Waals surface area contributed by atoms with Crippen molar-refractivity contribution in [2.24, 2.45) is 0 Å². The summed E-state index contributed by atoms with van der Waals surface area (Å²) >= 11 is 6.60. The number of anilines is 1.